The summed E-state index contributed by atoms with van der Waals surface area (Å²) in [4.78, 5) is 4.33. The summed E-state index contributed by atoms with van der Waals surface area (Å²) in [5.41, 5.74) is 2.96. The highest BCUT2D eigenvalue weighted by Crippen LogP contribution is 2.30. The van der Waals surface area contributed by atoms with Gasteiger partial charge in [-0.1, -0.05) is 0 Å². The second-order valence-corrected chi connectivity index (χ2v) is 4.83. The fourth-order valence-electron chi connectivity index (χ4n) is 1.28. The van der Waals surface area contributed by atoms with Gasteiger partial charge in [-0.2, -0.15) is 0 Å². The van der Waals surface area contributed by atoms with Crippen molar-refractivity contribution in [2.45, 2.75) is 13.8 Å². The Balaban J connectivity index is 2.95. The molecule has 0 aliphatic heterocycles. The molecule has 0 atom stereocenters. The third kappa shape index (κ3) is 1.50. The number of aromatic nitrogens is 1. The molecule has 0 unspecified atom stereocenters. The molecular weight excluding hydrogens is 345 g/mol. The SMILES string of the molecule is Cc1nc2c(I)c(Br)cc(C)c2o1. The van der Waals surface area contributed by atoms with E-state index in [1.807, 2.05) is 13.8 Å². The smallest absolute Gasteiger partial charge is 0.192 e. The number of nitrogens with zero attached hydrogens (tertiary/aromatic N) is 1. The average Bonchev–Trinajstić information content (AvgIpc) is 2.44. The van der Waals surface area contributed by atoms with E-state index in [4.69, 9.17) is 4.42 Å². The van der Waals surface area contributed by atoms with Gasteiger partial charge in [0.05, 0.1) is 3.57 Å². The maximum atomic E-state index is 5.50. The van der Waals surface area contributed by atoms with Crippen LogP contribution in [0.5, 0.6) is 0 Å². The standard InChI is InChI=1S/C9H7BrINO/c1-4-3-6(10)7(11)8-9(4)13-5(2)12-8/h3H,1-2H3. The Kier molecular flexibility index (Phi) is 2.35. The van der Waals surface area contributed by atoms with E-state index in [2.05, 4.69) is 49.6 Å². The van der Waals surface area contributed by atoms with Gasteiger partial charge in [-0.25, -0.2) is 4.98 Å². The quantitative estimate of drug-likeness (QED) is 0.674. The summed E-state index contributed by atoms with van der Waals surface area (Å²) in [5, 5.41) is 0. The van der Waals surface area contributed by atoms with Crippen LogP contribution in [0, 0.1) is 17.4 Å². The minimum Gasteiger partial charge on any atom is -0.441 e. The molecule has 0 spiro atoms. The molecule has 0 aliphatic carbocycles. The third-order valence-electron chi connectivity index (χ3n) is 1.85. The van der Waals surface area contributed by atoms with Crippen LogP contribution < -0.4 is 0 Å². The molecule has 0 fully saturated rings. The van der Waals surface area contributed by atoms with Crippen LogP contribution in [0.2, 0.25) is 0 Å². The molecule has 0 N–H and O–H groups in total. The van der Waals surface area contributed by atoms with E-state index in [1.54, 1.807) is 0 Å². The number of hydrogen-bond acceptors (Lipinski definition) is 2. The first-order chi connectivity index (χ1) is 6.09. The summed E-state index contributed by atoms with van der Waals surface area (Å²) in [6.07, 6.45) is 0. The van der Waals surface area contributed by atoms with Gasteiger partial charge in [0, 0.05) is 11.4 Å². The van der Waals surface area contributed by atoms with Crippen molar-refractivity contribution >= 4 is 49.6 Å². The highest BCUT2D eigenvalue weighted by molar-refractivity contribution is 14.1. The van der Waals surface area contributed by atoms with E-state index in [-0.39, 0.29) is 0 Å². The Labute approximate surface area is 98.0 Å². The molecule has 2 rings (SSSR count). The van der Waals surface area contributed by atoms with Gasteiger partial charge in [-0.3, -0.25) is 0 Å². The molecule has 0 bridgehead atoms. The lowest BCUT2D eigenvalue weighted by atomic mass is 10.2. The molecule has 1 aromatic heterocycles. The minimum atomic E-state index is 0.717. The van der Waals surface area contributed by atoms with Crippen LogP contribution in [-0.2, 0) is 0 Å². The largest absolute Gasteiger partial charge is 0.441 e. The summed E-state index contributed by atoms with van der Waals surface area (Å²) in [7, 11) is 0. The van der Waals surface area contributed by atoms with Crippen LogP contribution in [-0.4, -0.2) is 4.98 Å². The molecule has 0 amide bonds. The van der Waals surface area contributed by atoms with Crippen molar-refractivity contribution in [1.82, 2.24) is 4.98 Å². The van der Waals surface area contributed by atoms with Crippen LogP contribution in [0.4, 0.5) is 0 Å². The van der Waals surface area contributed by atoms with E-state index in [0.717, 1.165) is 24.7 Å². The van der Waals surface area contributed by atoms with Gasteiger partial charge in [0.1, 0.15) is 5.52 Å². The Morgan fingerprint density at radius 2 is 2.15 bits per heavy atom. The number of rotatable bonds is 0. The van der Waals surface area contributed by atoms with Crippen molar-refractivity contribution in [3.8, 4) is 0 Å². The van der Waals surface area contributed by atoms with E-state index in [9.17, 15) is 0 Å². The summed E-state index contributed by atoms with van der Waals surface area (Å²) < 4.78 is 7.68. The first kappa shape index (κ1) is 9.45. The molecule has 68 valence electrons. The molecule has 1 aromatic carbocycles. The van der Waals surface area contributed by atoms with E-state index in [0.29, 0.717) is 5.89 Å². The monoisotopic (exact) mass is 351 g/mol. The van der Waals surface area contributed by atoms with Crippen molar-refractivity contribution < 1.29 is 4.42 Å². The zero-order chi connectivity index (χ0) is 9.59. The lowest BCUT2D eigenvalue weighted by Crippen LogP contribution is -1.82. The van der Waals surface area contributed by atoms with Crippen LogP contribution in [0.1, 0.15) is 11.5 Å². The fraction of sp³-hybridized carbons (Fsp3) is 0.222. The Morgan fingerprint density at radius 3 is 2.85 bits per heavy atom. The second kappa shape index (κ2) is 3.24. The number of halogens is 2. The molecule has 4 heteroatoms. The zero-order valence-corrected chi connectivity index (χ0v) is 10.9. The van der Waals surface area contributed by atoms with E-state index >= 15 is 0 Å². The van der Waals surface area contributed by atoms with Gasteiger partial charge in [0.2, 0.25) is 0 Å². The summed E-state index contributed by atoms with van der Waals surface area (Å²) in [6.45, 7) is 3.89. The average molecular weight is 352 g/mol. The lowest BCUT2D eigenvalue weighted by molar-refractivity contribution is 0.559. The molecule has 2 nitrogen and oxygen atoms in total. The van der Waals surface area contributed by atoms with Crippen LogP contribution in [0.3, 0.4) is 0 Å². The lowest BCUT2D eigenvalue weighted by Gasteiger charge is -1.98. The highest BCUT2D eigenvalue weighted by Gasteiger charge is 2.11. The first-order valence-electron chi connectivity index (χ1n) is 3.81. The summed E-state index contributed by atoms with van der Waals surface area (Å²) in [6, 6.07) is 2.05. The van der Waals surface area contributed by atoms with E-state index < -0.39 is 0 Å². The minimum absolute atomic E-state index is 0.717. The number of oxazole rings is 1. The van der Waals surface area contributed by atoms with Crippen molar-refractivity contribution in [2.75, 3.05) is 0 Å². The molecule has 2 aromatic rings. The number of benzene rings is 1. The Bertz CT molecular complexity index is 478. The van der Waals surface area contributed by atoms with Crippen LogP contribution >= 0.6 is 38.5 Å². The predicted molar refractivity (Wildman–Crippen MR) is 63.9 cm³/mol. The normalized spacial score (nSPS) is 11.1. The molecule has 0 saturated carbocycles. The van der Waals surface area contributed by atoms with Gasteiger partial charge in [-0.15, -0.1) is 0 Å². The van der Waals surface area contributed by atoms with E-state index in [1.165, 1.54) is 0 Å². The van der Waals surface area contributed by atoms with Crippen molar-refractivity contribution in [2.24, 2.45) is 0 Å². The van der Waals surface area contributed by atoms with Crippen LogP contribution in [0.15, 0.2) is 15.0 Å². The summed E-state index contributed by atoms with van der Waals surface area (Å²) >= 11 is 5.75. The van der Waals surface area contributed by atoms with Gasteiger partial charge >= 0.3 is 0 Å². The Hall–Kier alpha value is -0.100. The van der Waals surface area contributed by atoms with Gasteiger partial charge in [0.15, 0.2) is 11.5 Å². The molecule has 0 aliphatic rings. The molecule has 0 radical (unpaired) electrons. The maximum Gasteiger partial charge on any atom is 0.192 e. The highest BCUT2D eigenvalue weighted by atomic mass is 127. The van der Waals surface area contributed by atoms with Crippen LogP contribution in [0.25, 0.3) is 11.1 Å². The topological polar surface area (TPSA) is 26.0 Å². The molecule has 1 heterocycles. The zero-order valence-electron chi connectivity index (χ0n) is 7.19. The first-order valence-corrected chi connectivity index (χ1v) is 5.68. The van der Waals surface area contributed by atoms with Crippen molar-refractivity contribution in [3.63, 3.8) is 0 Å². The van der Waals surface area contributed by atoms with Crippen molar-refractivity contribution in [1.29, 1.82) is 0 Å². The second-order valence-electron chi connectivity index (χ2n) is 2.90. The number of hydrogen-bond donors (Lipinski definition) is 0. The predicted octanol–water partition coefficient (Wildman–Crippen LogP) is 3.81. The third-order valence-corrected chi connectivity index (χ3v) is 4.31. The number of aryl methyl sites for hydroxylation is 2. The molecular formula is C9H7BrINO. The Morgan fingerprint density at radius 1 is 1.46 bits per heavy atom. The van der Waals surface area contributed by atoms with Gasteiger partial charge in [-0.05, 0) is 57.1 Å². The van der Waals surface area contributed by atoms with Gasteiger partial charge < -0.3 is 4.42 Å². The summed E-state index contributed by atoms with van der Waals surface area (Å²) in [5.74, 6) is 0.717. The van der Waals surface area contributed by atoms with Gasteiger partial charge in [0.25, 0.3) is 0 Å². The molecule has 13 heavy (non-hydrogen) atoms. The maximum absolute atomic E-state index is 5.50. The molecule has 0 saturated heterocycles. The van der Waals surface area contributed by atoms with Crippen molar-refractivity contribution in [3.05, 3.63) is 25.6 Å². The fourth-order valence-corrected chi connectivity index (χ4v) is 2.33. The number of fused-ring (bicyclic) bond motifs is 1.